The van der Waals surface area contributed by atoms with E-state index in [0.29, 0.717) is 34.4 Å². The highest BCUT2D eigenvalue weighted by Crippen LogP contribution is 2.33. The average molecular weight is 426 g/mol. The Bertz CT molecular complexity index is 1020. The molecule has 2 aromatic carbocycles. The Kier molecular flexibility index (Phi) is 6.68. The number of anilines is 1. The zero-order valence-corrected chi connectivity index (χ0v) is 17.8. The molecule has 0 saturated heterocycles. The standard InChI is InChI=1S/C22H23N3O4S/c1-4-29-17-12-8-6-10-15(17)19-18(13(2)23-22(30)25-19)20(26)24-16-11-7-5-9-14(16)21(27)28-3/h5-12,19H,4H2,1-3H3,(H,24,26)(H2,23,25,30)/t19-/m1/s1. The number of methoxy groups -OCH3 is 1. The molecule has 1 amide bonds. The highest BCUT2D eigenvalue weighted by Gasteiger charge is 2.32. The van der Waals surface area contributed by atoms with Crippen molar-refractivity contribution >= 4 is 34.9 Å². The molecule has 8 heteroatoms. The third-order valence-corrected chi connectivity index (χ3v) is 4.84. The fraction of sp³-hybridized carbons (Fsp3) is 0.227. The Morgan fingerprint density at radius 1 is 1.13 bits per heavy atom. The van der Waals surface area contributed by atoms with Crippen LogP contribution in [0.3, 0.4) is 0 Å². The third-order valence-electron chi connectivity index (χ3n) is 4.62. The Hall–Kier alpha value is -3.39. The molecule has 1 aliphatic rings. The second-order valence-electron chi connectivity index (χ2n) is 6.53. The zero-order chi connectivity index (χ0) is 21.7. The topological polar surface area (TPSA) is 88.7 Å². The summed E-state index contributed by atoms with van der Waals surface area (Å²) in [6.07, 6.45) is 0. The van der Waals surface area contributed by atoms with E-state index in [4.69, 9.17) is 21.7 Å². The van der Waals surface area contributed by atoms with Gasteiger partial charge in [-0.05, 0) is 44.3 Å². The van der Waals surface area contributed by atoms with E-state index in [2.05, 4.69) is 16.0 Å². The van der Waals surface area contributed by atoms with Crippen molar-refractivity contribution in [2.24, 2.45) is 0 Å². The molecule has 1 heterocycles. The van der Waals surface area contributed by atoms with E-state index in [1.807, 2.05) is 31.2 Å². The van der Waals surface area contributed by atoms with Crippen molar-refractivity contribution in [2.45, 2.75) is 19.9 Å². The molecular formula is C22H23N3O4S. The largest absolute Gasteiger partial charge is 0.494 e. The molecule has 30 heavy (non-hydrogen) atoms. The molecule has 2 aromatic rings. The minimum atomic E-state index is -0.532. The van der Waals surface area contributed by atoms with E-state index >= 15 is 0 Å². The van der Waals surface area contributed by atoms with Gasteiger partial charge in [0.15, 0.2) is 5.11 Å². The second kappa shape index (κ2) is 9.41. The number of carbonyl (C=O) groups is 2. The van der Waals surface area contributed by atoms with Crippen LogP contribution in [-0.2, 0) is 9.53 Å². The van der Waals surface area contributed by atoms with E-state index in [9.17, 15) is 9.59 Å². The first-order chi connectivity index (χ1) is 14.5. The monoisotopic (exact) mass is 425 g/mol. The molecule has 1 aliphatic heterocycles. The lowest BCUT2D eigenvalue weighted by molar-refractivity contribution is -0.113. The van der Waals surface area contributed by atoms with Crippen LogP contribution in [0.25, 0.3) is 0 Å². The summed E-state index contributed by atoms with van der Waals surface area (Å²) in [4.78, 5) is 25.4. The van der Waals surface area contributed by atoms with Gasteiger partial charge >= 0.3 is 5.97 Å². The molecule has 0 bridgehead atoms. The van der Waals surface area contributed by atoms with Crippen molar-refractivity contribution in [3.63, 3.8) is 0 Å². The predicted octanol–water partition coefficient (Wildman–Crippen LogP) is 3.30. The molecule has 3 N–H and O–H groups in total. The first-order valence-electron chi connectivity index (χ1n) is 9.45. The molecule has 0 spiro atoms. The van der Waals surface area contributed by atoms with Crippen LogP contribution in [0.1, 0.15) is 35.8 Å². The van der Waals surface area contributed by atoms with Crippen LogP contribution in [0, 0.1) is 0 Å². The first kappa shape index (κ1) is 21.3. The van der Waals surface area contributed by atoms with Gasteiger partial charge in [-0.2, -0.15) is 0 Å². The molecule has 0 fully saturated rings. The number of thiocarbonyl (C=S) groups is 1. The Balaban J connectivity index is 2.00. The van der Waals surface area contributed by atoms with Gasteiger partial charge in [-0.15, -0.1) is 0 Å². The number of rotatable bonds is 6. The van der Waals surface area contributed by atoms with Gasteiger partial charge in [0.05, 0.1) is 36.6 Å². The summed E-state index contributed by atoms with van der Waals surface area (Å²) in [5.41, 5.74) is 2.47. The molecule has 0 aromatic heterocycles. The van der Waals surface area contributed by atoms with Crippen LogP contribution in [0.5, 0.6) is 5.75 Å². The maximum atomic E-state index is 13.3. The molecule has 0 unspecified atom stereocenters. The van der Waals surface area contributed by atoms with Crippen LogP contribution in [0.2, 0.25) is 0 Å². The quantitative estimate of drug-likeness (QED) is 0.483. The highest BCUT2D eigenvalue weighted by atomic mass is 32.1. The van der Waals surface area contributed by atoms with E-state index in [1.165, 1.54) is 7.11 Å². The maximum absolute atomic E-state index is 13.3. The van der Waals surface area contributed by atoms with Crippen LogP contribution in [0.15, 0.2) is 59.8 Å². The number of ether oxygens (including phenoxy) is 2. The molecular weight excluding hydrogens is 402 g/mol. The van der Waals surface area contributed by atoms with Gasteiger partial charge in [-0.3, -0.25) is 4.79 Å². The van der Waals surface area contributed by atoms with E-state index < -0.39 is 12.0 Å². The first-order valence-corrected chi connectivity index (χ1v) is 9.85. The highest BCUT2D eigenvalue weighted by molar-refractivity contribution is 7.80. The van der Waals surface area contributed by atoms with Crippen molar-refractivity contribution in [1.29, 1.82) is 0 Å². The van der Waals surface area contributed by atoms with Crippen LogP contribution in [-0.4, -0.2) is 30.7 Å². The normalized spacial score (nSPS) is 15.7. The van der Waals surface area contributed by atoms with Crippen LogP contribution in [0.4, 0.5) is 5.69 Å². The van der Waals surface area contributed by atoms with Crippen molar-refractivity contribution in [2.75, 3.05) is 19.0 Å². The van der Waals surface area contributed by atoms with Crippen molar-refractivity contribution in [3.05, 3.63) is 70.9 Å². The fourth-order valence-corrected chi connectivity index (χ4v) is 3.57. The molecule has 3 rings (SSSR count). The lowest BCUT2D eigenvalue weighted by atomic mass is 9.94. The molecule has 156 valence electrons. The molecule has 0 aliphatic carbocycles. The molecule has 1 atom stereocenters. The van der Waals surface area contributed by atoms with Crippen molar-refractivity contribution < 1.29 is 19.1 Å². The lowest BCUT2D eigenvalue weighted by Crippen LogP contribution is -2.46. The average Bonchev–Trinajstić information content (AvgIpc) is 2.73. The maximum Gasteiger partial charge on any atom is 0.339 e. The Morgan fingerprint density at radius 2 is 1.83 bits per heavy atom. The van der Waals surface area contributed by atoms with E-state index in [1.54, 1.807) is 31.2 Å². The second-order valence-corrected chi connectivity index (χ2v) is 6.94. The van der Waals surface area contributed by atoms with Gasteiger partial charge in [-0.25, -0.2) is 4.79 Å². The number of esters is 1. The summed E-state index contributed by atoms with van der Waals surface area (Å²) in [6, 6.07) is 13.6. The SMILES string of the molecule is CCOc1ccccc1[C@H]1NC(=S)NC(C)=C1C(=O)Nc1ccccc1C(=O)OC. The number of hydrogen-bond donors (Lipinski definition) is 3. The summed E-state index contributed by atoms with van der Waals surface area (Å²) in [5, 5.41) is 9.40. The van der Waals surface area contributed by atoms with Gasteiger partial charge in [0.2, 0.25) is 0 Å². The molecule has 7 nitrogen and oxygen atoms in total. The van der Waals surface area contributed by atoms with Crippen LogP contribution >= 0.6 is 12.2 Å². The zero-order valence-electron chi connectivity index (χ0n) is 16.9. The summed E-state index contributed by atoms with van der Waals surface area (Å²) in [6.45, 7) is 4.17. The van der Waals surface area contributed by atoms with Gasteiger partial charge in [0.25, 0.3) is 5.91 Å². The summed E-state index contributed by atoms with van der Waals surface area (Å²) in [7, 11) is 1.30. The van der Waals surface area contributed by atoms with Crippen molar-refractivity contribution in [3.8, 4) is 5.75 Å². The van der Waals surface area contributed by atoms with Gasteiger partial charge in [0.1, 0.15) is 5.75 Å². The van der Waals surface area contributed by atoms with Gasteiger partial charge < -0.3 is 25.4 Å². The van der Waals surface area contributed by atoms with Gasteiger partial charge in [-0.1, -0.05) is 30.3 Å². The van der Waals surface area contributed by atoms with Crippen molar-refractivity contribution in [1.82, 2.24) is 10.6 Å². The number of para-hydroxylation sites is 2. The Morgan fingerprint density at radius 3 is 2.57 bits per heavy atom. The van der Waals surface area contributed by atoms with Crippen LogP contribution < -0.4 is 20.7 Å². The summed E-state index contributed by atoms with van der Waals surface area (Å²) in [5.74, 6) is -0.242. The fourth-order valence-electron chi connectivity index (χ4n) is 3.30. The number of nitrogens with one attached hydrogen (secondary N) is 3. The molecule has 0 radical (unpaired) electrons. The van der Waals surface area contributed by atoms with E-state index in [-0.39, 0.29) is 11.5 Å². The smallest absolute Gasteiger partial charge is 0.339 e. The number of allylic oxidation sites excluding steroid dienone is 1. The van der Waals surface area contributed by atoms with E-state index in [0.717, 1.165) is 5.56 Å². The third kappa shape index (κ3) is 4.44. The summed E-state index contributed by atoms with van der Waals surface area (Å²) < 4.78 is 10.6. The number of hydrogen-bond acceptors (Lipinski definition) is 5. The minimum absolute atomic E-state index is 0.269. The summed E-state index contributed by atoms with van der Waals surface area (Å²) >= 11 is 5.32. The number of amides is 1. The number of benzene rings is 2. The lowest BCUT2D eigenvalue weighted by Gasteiger charge is -2.31. The number of carbonyl (C=O) groups excluding carboxylic acids is 2. The van der Waals surface area contributed by atoms with Gasteiger partial charge in [0, 0.05) is 11.3 Å². The Labute approximate surface area is 180 Å². The predicted molar refractivity (Wildman–Crippen MR) is 118 cm³/mol. The molecule has 0 saturated carbocycles. The minimum Gasteiger partial charge on any atom is -0.494 e.